The molecule has 2 N–H and O–H groups in total. The molecule has 0 radical (unpaired) electrons. The molecule has 0 aliphatic rings. The van der Waals surface area contributed by atoms with E-state index in [1.54, 1.807) is 24.3 Å². The lowest BCUT2D eigenvalue weighted by atomic mass is 10.2. The molecule has 16 heavy (non-hydrogen) atoms. The molecule has 0 bridgehead atoms. The molecule has 7 nitrogen and oxygen atoms in total. The Morgan fingerprint density at radius 3 is 2.81 bits per heavy atom. The fourth-order valence-corrected chi connectivity index (χ4v) is 1.26. The van der Waals surface area contributed by atoms with Gasteiger partial charge in [0.1, 0.15) is 5.69 Å². The molecule has 1 heterocycles. The van der Waals surface area contributed by atoms with Crippen LogP contribution < -0.4 is 5.73 Å². The van der Waals surface area contributed by atoms with Gasteiger partial charge in [-0.05, 0) is 17.3 Å². The molecule has 2 aromatic rings. The Balaban J connectivity index is 2.52. The second kappa shape index (κ2) is 3.97. The standard InChI is InChI=1S/C9H9N5O2/c1-16-8(15)6-4-2-3-5-7(6)14-12-9(10)11-13-14/h2-5H,1H3,(H2,10,12). The zero-order valence-corrected chi connectivity index (χ0v) is 8.49. The highest BCUT2D eigenvalue weighted by Gasteiger charge is 2.14. The SMILES string of the molecule is COC(=O)c1ccccc1-n1nnc(N)n1. The molecule has 2 rings (SSSR count). The van der Waals surface area contributed by atoms with E-state index in [1.165, 1.54) is 11.9 Å². The fraction of sp³-hybridized carbons (Fsp3) is 0.111. The number of nitrogens with two attached hydrogens (primary N) is 1. The summed E-state index contributed by atoms with van der Waals surface area (Å²) >= 11 is 0. The zero-order chi connectivity index (χ0) is 11.5. The highest BCUT2D eigenvalue weighted by Crippen LogP contribution is 2.13. The number of anilines is 1. The average molecular weight is 219 g/mol. The number of hydrogen-bond donors (Lipinski definition) is 1. The molecule has 7 heteroatoms. The van der Waals surface area contributed by atoms with Crippen molar-refractivity contribution in [2.45, 2.75) is 0 Å². The number of esters is 1. The normalized spacial score (nSPS) is 10.1. The topological polar surface area (TPSA) is 95.9 Å². The number of carbonyl (C=O) groups excluding carboxylic acids is 1. The summed E-state index contributed by atoms with van der Waals surface area (Å²) in [6, 6.07) is 6.76. The summed E-state index contributed by atoms with van der Waals surface area (Å²) in [7, 11) is 1.31. The van der Waals surface area contributed by atoms with Gasteiger partial charge in [0.2, 0.25) is 0 Å². The second-order valence-electron chi connectivity index (χ2n) is 2.95. The van der Waals surface area contributed by atoms with Crippen molar-refractivity contribution in [2.24, 2.45) is 0 Å². The minimum absolute atomic E-state index is 0.0414. The van der Waals surface area contributed by atoms with Crippen molar-refractivity contribution >= 4 is 11.9 Å². The molecule has 82 valence electrons. The van der Waals surface area contributed by atoms with Crippen LogP contribution in [-0.4, -0.2) is 33.3 Å². The van der Waals surface area contributed by atoms with Gasteiger partial charge in [0.05, 0.1) is 12.7 Å². The van der Waals surface area contributed by atoms with E-state index in [-0.39, 0.29) is 5.95 Å². The van der Waals surface area contributed by atoms with Gasteiger partial charge >= 0.3 is 5.97 Å². The Labute approximate surface area is 90.8 Å². The molecule has 0 saturated carbocycles. The molecule has 0 aliphatic heterocycles. The Morgan fingerprint density at radius 1 is 1.44 bits per heavy atom. The van der Waals surface area contributed by atoms with Gasteiger partial charge in [0.25, 0.3) is 5.95 Å². The van der Waals surface area contributed by atoms with Gasteiger partial charge in [-0.25, -0.2) is 4.79 Å². The molecule has 0 atom stereocenters. The summed E-state index contributed by atoms with van der Waals surface area (Å²) in [6.07, 6.45) is 0. The summed E-state index contributed by atoms with van der Waals surface area (Å²) < 4.78 is 4.65. The lowest BCUT2D eigenvalue weighted by Crippen LogP contribution is -2.09. The van der Waals surface area contributed by atoms with Crippen LogP contribution in [0.5, 0.6) is 0 Å². The van der Waals surface area contributed by atoms with Crippen molar-refractivity contribution in [3.63, 3.8) is 0 Å². The molecule has 0 saturated heterocycles. The van der Waals surface area contributed by atoms with E-state index < -0.39 is 5.97 Å². The third-order valence-corrected chi connectivity index (χ3v) is 1.95. The van der Waals surface area contributed by atoms with E-state index in [0.29, 0.717) is 11.3 Å². The number of para-hydroxylation sites is 1. The van der Waals surface area contributed by atoms with Gasteiger partial charge in [0, 0.05) is 0 Å². The summed E-state index contributed by atoms with van der Waals surface area (Å²) in [5, 5.41) is 11.1. The Morgan fingerprint density at radius 2 is 2.19 bits per heavy atom. The number of benzene rings is 1. The van der Waals surface area contributed by atoms with Gasteiger partial charge in [-0.15, -0.1) is 9.90 Å². The summed E-state index contributed by atoms with van der Waals surface area (Å²) in [6.45, 7) is 0. The summed E-state index contributed by atoms with van der Waals surface area (Å²) in [5.74, 6) is -0.425. The maximum absolute atomic E-state index is 11.5. The Bertz CT molecular complexity index is 522. The molecule has 0 amide bonds. The van der Waals surface area contributed by atoms with Gasteiger partial charge in [-0.3, -0.25) is 0 Å². The number of nitrogens with zero attached hydrogens (tertiary/aromatic N) is 4. The second-order valence-corrected chi connectivity index (χ2v) is 2.95. The van der Waals surface area contributed by atoms with Crippen molar-refractivity contribution in [1.82, 2.24) is 20.2 Å². The van der Waals surface area contributed by atoms with E-state index in [1.807, 2.05) is 0 Å². The van der Waals surface area contributed by atoms with Crippen LogP contribution in [0.4, 0.5) is 5.95 Å². The molecule has 0 spiro atoms. The fourth-order valence-electron chi connectivity index (χ4n) is 1.26. The van der Waals surface area contributed by atoms with Crippen LogP contribution in [-0.2, 0) is 4.74 Å². The number of hydrogen-bond acceptors (Lipinski definition) is 6. The monoisotopic (exact) mass is 219 g/mol. The van der Waals surface area contributed by atoms with Crippen LogP contribution in [0.2, 0.25) is 0 Å². The number of ether oxygens (including phenoxy) is 1. The third-order valence-electron chi connectivity index (χ3n) is 1.95. The van der Waals surface area contributed by atoms with Crippen molar-refractivity contribution in [2.75, 3.05) is 12.8 Å². The predicted molar refractivity (Wildman–Crippen MR) is 54.9 cm³/mol. The quantitative estimate of drug-likeness (QED) is 0.716. The molecule has 0 fully saturated rings. The molecule has 0 unspecified atom stereocenters. The lowest BCUT2D eigenvalue weighted by molar-refractivity contribution is 0.0600. The van der Waals surface area contributed by atoms with Crippen LogP contribution in [0, 0.1) is 0 Å². The van der Waals surface area contributed by atoms with Crippen molar-refractivity contribution < 1.29 is 9.53 Å². The summed E-state index contributed by atoms with van der Waals surface area (Å²) in [5.41, 5.74) is 6.17. The van der Waals surface area contributed by atoms with Crippen LogP contribution in [0.1, 0.15) is 10.4 Å². The first-order chi connectivity index (χ1) is 7.72. The van der Waals surface area contributed by atoms with E-state index >= 15 is 0 Å². The van der Waals surface area contributed by atoms with Gasteiger partial charge in [0.15, 0.2) is 0 Å². The first kappa shape index (κ1) is 10.1. The number of nitrogen functional groups attached to an aromatic ring is 1. The zero-order valence-electron chi connectivity index (χ0n) is 8.49. The first-order valence-electron chi connectivity index (χ1n) is 4.45. The minimum atomic E-state index is -0.466. The number of methoxy groups -OCH3 is 1. The Hall–Kier alpha value is -2.44. The van der Waals surface area contributed by atoms with E-state index in [2.05, 4.69) is 20.1 Å². The predicted octanol–water partition coefficient (Wildman–Crippen LogP) is 0.0311. The average Bonchev–Trinajstić information content (AvgIpc) is 2.75. The third kappa shape index (κ3) is 1.70. The number of aromatic nitrogens is 4. The van der Waals surface area contributed by atoms with Gasteiger partial charge < -0.3 is 10.5 Å². The van der Waals surface area contributed by atoms with Crippen LogP contribution >= 0.6 is 0 Å². The minimum Gasteiger partial charge on any atom is -0.465 e. The molecule has 1 aromatic heterocycles. The number of rotatable bonds is 2. The van der Waals surface area contributed by atoms with Crippen LogP contribution in [0.3, 0.4) is 0 Å². The van der Waals surface area contributed by atoms with E-state index in [9.17, 15) is 4.79 Å². The Kier molecular flexibility index (Phi) is 2.50. The molecule has 0 aliphatic carbocycles. The molecular weight excluding hydrogens is 210 g/mol. The largest absolute Gasteiger partial charge is 0.465 e. The number of tetrazole rings is 1. The van der Waals surface area contributed by atoms with Crippen molar-refractivity contribution in [3.8, 4) is 5.69 Å². The first-order valence-corrected chi connectivity index (χ1v) is 4.45. The van der Waals surface area contributed by atoms with E-state index in [0.717, 1.165) is 0 Å². The van der Waals surface area contributed by atoms with E-state index in [4.69, 9.17) is 5.73 Å². The highest BCUT2D eigenvalue weighted by atomic mass is 16.5. The lowest BCUT2D eigenvalue weighted by Gasteiger charge is -2.04. The van der Waals surface area contributed by atoms with Crippen LogP contribution in [0.15, 0.2) is 24.3 Å². The van der Waals surface area contributed by atoms with Gasteiger partial charge in [-0.2, -0.15) is 0 Å². The smallest absolute Gasteiger partial charge is 0.340 e. The van der Waals surface area contributed by atoms with Gasteiger partial charge in [-0.1, -0.05) is 17.2 Å². The highest BCUT2D eigenvalue weighted by molar-refractivity contribution is 5.93. The summed E-state index contributed by atoms with van der Waals surface area (Å²) in [4.78, 5) is 12.7. The molecular formula is C9H9N5O2. The van der Waals surface area contributed by atoms with Crippen molar-refractivity contribution in [1.29, 1.82) is 0 Å². The van der Waals surface area contributed by atoms with Crippen molar-refractivity contribution in [3.05, 3.63) is 29.8 Å². The molecule has 1 aromatic carbocycles. The number of carbonyl (C=O) groups is 1. The maximum Gasteiger partial charge on any atom is 0.340 e. The maximum atomic E-state index is 11.5. The van der Waals surface area contributed by atoms with Crippen LogP contribution in [0.25, 0.3) is 5.69 Å².